The molecule has 0 unspecified atom stereocenters. The molecule has 84 valence electrons. The quantitative estimate of drug-likeness (QED) is 0.761. The maximum atomic E-state index is 11.6. The highest BCUT2D eigenvalue weighted by Gasteiger charge is 2.14. The van der Waals surface area contributed by atoms with Crippen LogP contribution in [0.15, 0.2) is 35.6 Å². The molecule has 2 N–H and O–H groups in total. The summed E-state index contributed by atoms with van der Waals surface area (Å²) in [5.41, 5.74) is 0.547. The Balaban J connectivity index is 2.07. The number of aromatic amines is 1. The van der Waals surface area contributed by atoms with Crippen molar-refractivity contribution in [1.29, 1.82) is 0 Å². The first-order chi connectivity index (χ1) is 7.68. The van der Waals surface area contributed by atoms with Crippen LogP contribution in [0.5, 0.6) is 0 Å². The Morgan fingerprint density at radius 2 is 2.19 bits per heavy atom. The molecule has 0 atom stereocenters. The predicted molar refractivity (Wildman–Crippen MR) is 54.6 cm³/mol. The number of hydrogen-bond donors (Lipinski definition) is 2. The molecule has 8 heteroatoms. The minimum atomic E-state index is -3.55. The van der Waals surface area contributed by atoms with E-state index in [2.05, 4.69) is 25.1 Å². The van der Waals surface area contributed by atoms with E-state index in [0.717, 1.165) is 0 Å². The van der Waals surface area contributed by atoms with E-state index in [1.807, 2.05) is 0 Å². The van der Waals surface area contributed by atoms with Crippen LogP contribution in [0.1, 0.15) is 5.69 Å². The summed E-state index contributed by atoms with van der Waals surface area (Å²) in [5, 5.41) is 13.4. The van der Waals surface area contributed by atoms with Crippen molar-refractivity contribution in [1.82, 2.24) is 25.1 Å². The van der Waals surface area contributed by atoms with E-state index in [-0.39, 0.29) is 11.6 Å². The van der Waals surface area contributed by atoms with Gasteiger partial charge in [0.25, 0.3) is 10.0 Å². The first-order valence-electron chi connectivity index (χ1n) is 4.44. The fraction of sp³-hybridized carbons (Fsp3) is 0.125. The van der Waals surface area contributed by atoms with Crippen LogP contribution in [0, 0.1) is 0 Å². The van der Waals surface area contributed by atoms with Crippen LogP contribution in [-0.2, 0) is 16.6 Å². The van der Waals surface area contributed by atoms with Crippen molar-refractivity contribution in [3.8, 4) is 0 Å². The zero-order valence-corrected chi connectivity index (χ0v) is 8.98. The van der Waals surface area contributed by atoms with Crippen molar-refractivity contribution < 1.29 is 8.42 Å². The number of aromatic nitrogens is 4. The Kier molecular flexibility index (Phi) is 2.93. The second-order valence-electron chi connectivity index (χ2n) is 2.96. The van der Waals surface area contributed by atoms with Crippen LogP contribution in [0.2, 0.25) is 0 Å². The topological polar surface area (TPSA) is 101 Å². The molecule has 16 heavy (non-hydrogen) atoms. The van der Waals surface area contributed by atoms with E-state index in [4.69, 9.17) is 0 Å². The van der Waals surface area contributed by atoms with Gasteiger partial charge in [0.15, 0.2) is 5.03 Å². The van der Waals surface area contributed by atoms with Gasteiger partial charge in [0.1, 0.15) is 0 Å². The summed E-state index contributed by atoms with van der Waals surface area (Å²) in [6.45, 7) is 0.0925. The van der Waals surface area contributed by atoms with Gasteiger partial charge in [0.2, 0.25) is 0 Å². The smallest absolute Gasteiger partial charge is 0.257 e. The Morgan fingerprint density at radius 3 is 2.81 bits per heavy atom. The van der Waals surface area contributed by atoms with Crippen LogP contribution in [0.4, 0.5) is 0 Å². The zero-order valence-electron chi connectivity index (χ0n) is 8.16. The predicted octanol–water partition coefficient (Wildman–Crippen LogP) is -0.322. The Bertz CT molecular complexity index is 537. The minimum absolute atomic E-state index is 0.0244. The van der Waals surface area contributed by atoms with Crippen molar-refractivity contribution in [2.75, 3.05) is 0 Å². The number of rotatable bonds is 4. The molecule has 7 nitrogen and oxygen atoms in total. The second kappa shape index (κ2) is 4.37. The van der Waals surface area contributed by atoms with Crippen molar-refractivity contribution in [2.24, 2.45) is 0 Å². The van der Waals surface area contributed by atoms with Gasteiger partial charge in [-0.2, -0.15) is 15.3 Å². The lowest BCUT2D eigenvalue weighted by Crippen LogP contribution is -2.24. The first kappa shape index (κ1) is 10.7. The molecule has 0 radical (unpaired) electrons. The van der Waals surface area contributed by atoms with E-state index < -0.39 is 10.0 Å². The molecule has 2 heterocycles. The highest BCUT2D eigenvalue weighted by atomic mass is 32.2. The van der Waals surface area contributed by atoms with Gasteiger partial charge in [-0.3, -0.25) is 5.10 Å². The van der Waals surface area contributed by atoms with Crippen LogP contribution in [0.25, 0.3) is 0 Å². The molecule has 0 aliphatic carbocycles. The maximum absolute atomic E-state index is 11.6. The van der Waals surface area contributed by atoms with Gasteiger partial charge in [0, 0.05) is 6.20 Å². The number of H-pyrrole nitrogens is 1. The average Bonchev–Trinajstić information content (AvgIpc) is 2.82. The van der Waals surface area contributed by atoms with Crippen LogP contribution >= 0.6 is 0 Å². The molecule has 0 saturated heterocycles. The summed E-state index contributed by atoms with van der Waals surface area (Å²) < 4.78 is 25.6. The summed E-state index contributed by atoms with van der Waals surface area (Å²) in [4.78, 5) is 0. The maximum Gasteiger partial charge on any atom is 0.257 e. The van der Waals surface area contributed by atoms with Gasteiger partial charge < -0.3 is 0 Å². The summed E-state index contributed by atoms with van der Waals surface area (Å²) >= 11 is 0. The standard InChI is InChI=1S/C8H9N5O2S/c14-16(15,8-3-5-10-13-8)11-6-7-2-1-4-9-12-7/h1-5,11H,6H2,(H,10,13). The molecular formula is C8H9N5O2S. The van der Waals surface area contributed by atoms with Gasteiger partial charge >= 0.3 is 0 Å². The molecule has 0 saturated carbocycles. The molecule has 0 aliphatic heterocycles. The van der Waals surface area contributed by atoms with E-state index >= 15 is 0 Å². The third-order valence-electron chi connectivity index (χ3n) is 1.84. The normalized spacial score (nSPS) is 11.5. The highest BCUT2D eigenvalue weighted by Crippen LogP contribution is 2.03. The lowest BCUT2D eigenvalue weighted by molar-refractivity contribution is 0.575. The Hall–Kier alpha value is -1.80. The fourth-order valence-corrected chi connectivity index (χ4v) is 1.97. The van der Waals surface area contributed by atoms with Gasteiger partial charge in [-0.1, -0.05) is 0 Å². The third-order valence-corrected chi connectivity index (χ3v) is 3.17. The number of hydrogen-bond acceptors (Lipinski definition) is 5. The largest absolute Gasteiger partial charge is 0.266 e. The first-order valence-corrected chi connectivity index (χ1v) is 5.92. The molecule has 0 fully saturated rings. The van der Waals surface area contributed by atoms with E-state index in [0.29, 0.717) is 5.69 Å². The average molecular weight is 239 g/mol. The number of nitrogens with one attached hydrogen (secondary N) is 2. The van der Waals surface area contributed by atoms with Gasteiger partial charge in [-0.25, -0.2) is 13.1 Å². The van der Waals surface area contributed by atoms with Crippen LogP contribution in [0.3, 0.4) is 0 Å². The second-order valence-corrected chi connectivity index (χ2v) is 4.70. The van der Waals surface area contributed by atoms with Crippen molar-refractivity contribution in [3.05, 3.63) is 36.3 Å². The molecule has 0 aliphatic rings. The van der Waals surface area contributed by atoms with Crippen molar-refractivity contribution in [2.45, 2.75) is 11.6 Å². The van der Waals surface area contributed by atoms with Gasteiger partial charge in [-0.05, 0) is 18.2 Å². The van der Waals surface area contributed by atoms with Crippen LogP contribution in [-0.4, -0.2) is 28.8 Å². The molecule has 2 rings (SSSR count). The monoisotopic (exact) mass is 239 g/mol. The van der Waals surface area contributed by atoms with E-state index in [9.17, 15) is 8.42 Å². The van der Waals surface area contributed by atoms with Gasteiger partial charge in [-0.15, -0.1) is 0 Å². The van der Waals surface area contributed by atoms with Crippen LogP contribution < -0.4 is 4.72 Å². The molecular weight excluding hydrogens is 230 g/mol. The summed E-state index contributed by atoms with van der Waals surface area (Å²) in [5.74, 6) is 0. The fourth-order valence-electron chi connectivity index (χ4n) is 1.07. The number of nitrogens with zero attached hydrogens (tertiary/aromatic N) is 3. The summed E-state index contributed by atoms with van der Waals surface area (Å²) in [6, 6.07) is 4.74. The van der Waals surface area contributed by atoms with E-state index in [1.54, 1.807) is 12.1 Å². The lowest BCUT2D eigenvalue weighted by Gasteiger charge is -2.02. The van der Waals surface area contributed by atoms with Crippen molar-refractivity contribution >= 4 is 10.0 Å². The zero-order chi connectivity index (χ0) is 11.4. The number of sulfonamides is 1. The van der Waals surface area contributed by atoms with E-state index in [1.165, 1.54) is 18.5 Å². The summed E-state index contributed by atoms with van der Waals surface area (Å²) in [7, 11) is -3.55. The molecule has 2 aromatic heterocycles. The van der Waals surface area contributed by atoms with Crippen molar-refractivity contribution in [3.63, 3.8) is 0 Å². The molecule has 2 aromatic rings. The Morgan fingerprint density at radius 1 is 1.31 bits per heavy atom. The highest BCUT2D eigenvalue weighted by molar-refractivity contribution is 7.89. The minimum Gasteiger partial charge on any atom is -0.266 e. The lowest BCUT2D eigenvalue weighted by atomic mass is 10.4. The molecule has 0 amide bonds. The SMILES string of the molecule is O=S(=O)(NCc1cccnn1)c1ccn[nH]1. The molecule has 0 spiro atoms. The molecule has 0 bridgehead atoms. The third kappa shape index (κ3) is 2.41. The Labute approximate surface area is 92.0 Å². The molecule has 0 aromatic carbocycles. The summed E-state index contributed by atoms with van der Waals surface area (Å²) in [6.07, 6.45) is 2.89. The van der Waals surface area contributed by atoms with Gasteiger partial charge in [0.05, 0.1) is 18.4 Å².